The summed E-state index contributed by atoms with van der Waals surface area (Å²) in [7, 11) is 0. The van der Waals surface area contributed by atoms with E-state index in [1.54, 1.807) is 12.1 Å². The minimum absolute atomic E-state index is 0.630. The van der Waals surface area contributed by atoms with Crippen LogP contribution in [0.2, 0.25) is 0 Å². The number of allylic oxidation sites excluding steroid dienone is 3. The van der Waals surface area contributed by atoms with Crippen LogP contribution >= 0.6 is 0 Å². The molecule has 6 rings (SSSR count). The van der Waals surface area contributed by atoms with Gasteiger partial charge in [-0.25, -0.2) is 0 Å². The molecule has 3 heteroatoms. The van der Waals surface area contributed by atoms with Crippen molar-refractivity contribution in [3.05, 3.63) is 163 Å². The molecule has 194 valence electrons. The SMILES string of the molecule is O=Cc1ccc(OC2=CCCC(N(c3ccc(-c4ccccc4)cc3)c3ccc(-c4ccccc4)cc3)=C2)cc1. The predicted molar refractivity (Wildman–Crippen MR) is 164 cm³/mol. The quantitative estimate of drug-likeness (QED) is 0.191. The van der Waals surface area contributed by atoms with Crippen LogP contribution in [0.15, 0.2) is 157 Å². The van der Waals surface area contributed by atoms with Crippen LogP contribution in [-0.2, 0) is 0 Å². The fraction of sp³-hybridized carbons (Fsp3) is 0.0541. The van der Waals surface area contributed by atoms with Crippen molar-refractivity contribution in [2.24, 2.45) is 0 Å². The molecule has 3 nitrogen and oxygen atoms in total. The second-order valence-electron chi connectivity index (χ2n) is 9.73. The number of benzene rings is 5. The lowest BCUT2D eigenvalue weighted by Crippen LogP contribution is -2.18. The molecule has 0 saturated heterocycles. The maximum atomic E-state index is 11.0. The van der Waals surface area contributed by atoms with Crippen LogP contribution in [0.5, 0.6) is 5.75 Å². The average molecular weight is 520 g/mol. The highest BCUT2D eigenvalue weighted by molar-refractivity contribution is 5.76. The Morgan fingerprint density at radius 2 is 1.07 bits per heavy atom. The van der Waals surface area contributed by atoms with Crippen LogP contribution in [-0.4, -0.2) is 6.29 Å². The van der Waals surface area contributed by atoms with Crippen molar-refractivity contribution in [1.29, 1.82) is 0 Å². The lowest BCUT2D eigenvalue weighted by Gasteiger charge is -2.30. The average Bonchev–Trinajstić information content (AvgIpc) is 3.03. The van der Waals surface area contributed by atoms with Crippen molar-refractivity contribution >= 4 is 17.7 Å². The molecule has 0 amide bonds. The molecule has 0 N–H and O–H groups in total. The van der Waals surface area contributed by atoms with E-state index in [4.69, 9.17) is 4.74 Å². The molecule has 1 aliphatic rings. The van der Waals surface area contributed by atoms with Gasteiger partial charge in [0.05, 0.1) is 0 Å². The summed E-state index contributed by atoms with van der Waals surface area (Å²) >= 11 is 0. The minimum atomic E-state index is 0.630. The Morgan fingerprint density at radius 3 is 1.57 bits per heavy atom. The van der Waals surface area contributed by atoms with E-state index in [1.807, 2.05) is 24.3 Å². The van der Waals surface area contributed by atoms with E-state index in [1.165, 1.54) is 22.3 Å². The Morgan fingerprint density at radius 1 is 0.575 bits per heavy atom. The molecule has 40 heavy (non-hydrogen) atoms. The van der Waals surface area contributed by atoms with E-state index in [9.17, 15) is 4.79 Å². The Labute approximate surface area is 235 Å². The molecule has 0 saturated carbocycles. The maximum absolute atomic E-state index is 11.0. The number of hydrogen-bond acceptors (Lipinski definition) is 3. The molecular weight excluding hydrogens is 490 g/mol. The predicted octanol–water partition coefficient (Wildman–Crippen LogP) is 9.61. The minimum Gasteiger partial charge on any atom is -0.458 e. The standard InChI is InChI=1S/C37H29NO2/c39-27-28-14-24-36(25-15-28)40-37-13-7-12-35(26-37)38(33-20-16-31(17-21-33)29-8-3-1-4-9-29)34-22-18-32(19-23-34)30-10-5-2-6-11-30/h1-6,8-11,13-27H,7,12H2. The highest BCUT2D eigenvalue weighted by Crippen LogP contribution is 2.36. The fourth-order valence-electron chi connectivity index (χ4n) is 5.00. The van der Waals surface area contributed by atoms with Gasteiger partial charge in [0.25, 0.3) is 0 Å². The van der Waals surface area contributed by atoms with Gasteiger partial charge in [0, 0.05) is 28.7 Å². The smallest absolute Gasteiger partial charge is 0.150 e. The number of carbonyl (C=O) groups is 1. The third-order valence-corrected chi connectivity index (χ3v) is 7.06. The summed E-state index contributed by atoms with van der Waals surface area (Å²) in [5.74, 6) is 1.51. The van der Waals surface area contributed by atoms with Gasteiger partial charge in [0.1, 0.15) is 17.8 Å². The van der Waals surface area contributed by atoms with E-state index in [2.05, 4.69) is 114 Å². The summed E-state index contributed by atoms with van der Waals surface area (Å²) in [5, 5.41) is 0. The van der Waals surface area contributed by atoms with Crippen molar-refractivity contribution in [3.8, 4) is 28.0 Å². The highest BCUT2D eigenvalue weighted by atomic mass is 16.5. The summed E-state index contributed by atoms with van der Waals surface area (Å²) in [5.41, 5.74) is 8.73. The summed E-state index contributed by atoms with van der Waals surface area (Å²) in [6, 6.07) is 45.5. The Bertz CT molecular complexity index is 1550. The molecule has 0 unspecified atom stereocenters. The monoisotopic (exact) mass is 519 g/mol. The third-order valence-electron chi connectivity index (χ3n) is 7.06. The van der Waals surface area contributed by atoms with E-state index in [0.29, 0.717) is 11.3 Å². The van der Waals surface area contributed by atoms with E-state index in [0.717, 1.165) is 42.0 Å². The molecule has 0 fully saturated rings. The molecule has 0 radical (unpaired) electrons. The Hall–Kier alpha value is -5.15. The first-order valence-corrected chi connectivity index (χ1v) is 13.5. The molecule has 0 heterocycles. The van der Waals surface area contributed by atoms with Gasteiger partial charge in [-0.15, -0.1) is 0 Å². The molecule has 0 spiro atoms. The highest BCUT2D eigenvalue weighted by Gasteiger charge is 2.19. The number of anilines is 2. The molecule has 0 aliphatic heterocycles. The van der Waals surface area contributed by atoms with Crippen LogP contribution in [0.3, 0.4) is 0 Å². The fourth-order valence-corrected chi connectivity index (χ4v) is 5.00. The van der Waals surface area contributed by atoms with Gasteiger partial charge >= 0.3 is 0 Å². The van der Waals surface area contributed by atoms with Crippen LogP contribution in [0.1, 0.15) is 23.2 Å². The molecule has 0 aromatic heterocycles. The number of aldehydes is 1. The van der Waals surface area contributed by atoms with Crippen molar-refractivity contribution in [3.63, 3.8) is 0 Å². The third kappa shape index (κ3) is 5.64. The van der Waals surface area contributed by atoms with Gasteiger partial charge in [-0.2, -0.15) is 0 Å². The van der Waals surface area contributed by atoms with Gasteiger partial charge in [-0.05, 0) is 89.7 Å². The first-order chi connectivity index (χ1) is 19.8. The molecule has 5 aromatic carbocycles. The summed E-state index contributed by atoms with van der Waals surface area (Å²) in [6.45, 7) is 0. The normalized spacial score (nSPS) is 12.7. The molecule has 0 atom stereocenters. The van der Waals surface area contributed by atoms with Crippen molar-refractivity contribution in [2.45, 2.75) is 12.8 Å². The van der Waals surface area contributed by atoms with Crippen LogP contribution in [0, 0.1) is 0 Å². The zero-order chi connectivity index (χ0) is 27.1. The Balaban J connectivity index is 1.34. The topological polar surface area (TPSA) is 29.5 Å². The van der Waals surface area contributed by atoms with E-state index < -0.39 is 0 Å². The summed E-state index contributed by atoms with van der Waals surface area (Å²) < 4.78 is 6.20. The molecule has 0 bridgehead atoms. The van der Waals surface area contributed by atoms with Crippen molar-refractivity contribution in [2.75, 3.05) is 4.90 Å². The van der Waals surface area contributed by atoms with Crippen LogP contribution < -0.4 is 9.64 Å². The van der Waals surface area contributed by atoms with Crippen molar-refractivity contribution < 1.29 is 9.53 Å². The largest absolute Gasteiger partial charge is 0.458 e. The molecular formula is C37H29NO2. The second-order valence-corrected chi connectivity index (χ2v) is 9.73. The lowest BCUT2D eigenvalue weighted by atomic mass is 10.0. The number of ether oxygens (including phenoxy) is 1. The summed E-state index contributed by atoms with van der Waals surface area (Å²) in [6.07, 6.45) is 6.83. The Kier molecular flexibility index (Phi) is 7.36. The number of hydrogen-bond donors (Lipinski definition) is 0. The van der Waals surface area contributed by atoms with Crippen LogP contribution in [0.4, 0.5) is 11.4 Å². The maximum Gasteiger partial charge on any atom is 0.150 e. The van der Waals surface area contributed by atoms with E-state index in [-0.39, 0.29) is 0 Å². The van der Waals surface area contributed by atoms with Crippen molar-refractivity contribution in [1.82, 2.24) is 0 Å². The van der Waals surface area contributed by atoms with Gasteiger partial charge in [0.15, 0.2) is 0 Å². The zero-order valence-electron chi connectivity index (χ0n) is 22.1. The lowest BCUT2D eigenvalue weighted by molar-refractivity contribution is 0.112. The van der Waals surface area contributed by atoms with Gasteiger partial charge < -0.3 is 9.64 Å². The van der Waals surface area contributed by atoms with Gasteiger partial charge in [-0.1, -0.05) is 84.9 Å². The first-order valence-electron chi connectivity index (χ1n) is 13.5. The number of carbonyl (C=O) groups excluding carboxylic acids is 1. The van der Waals surface area contributed by atoms with Gasteiger partial charge in [-0.3, -0.25) is 4.79 Å². The first kappa shape index (κ1) is 25.1. The molecule has 1 aliphatic carbocycles. The zero-order valence-corrected chi connectivity index (χ0v) is 22.1. The molecule has 5 aromatic rings. The van der Waals surface area contributed by atoms with E-state index >= 15 is 0 Å². The summed E-state index contributed by atoms with van der Waals surface area (Å²) in [4.78, 5) is 13.3. The van der Waals surface area contributed by atoms with Gasteiger partial charge in [0.2, 0.25) is 0 Å². The number of rotatable bonds is 8. The number of nitrogens with zero attached hydrogens (tertiary/aromatic N) is 1. The second kappa shape index (κ2) is 11.7. The van der Waals surface area contributed by atoms with Crippen LogP contribution in [0.25, 0.3) is 22.3 Å².